The second kappa shape index (κ2) is 6.70. The number of aromatic nitrogens is 2. The summed E-state index contributed by atoms with van der Waals surface area (Å²) in [7, 11) is 1.88. The van der Waals surface area contributed by atoms with Crippen LogP contribution in [0.4, 0.5) is 11.6 Å². The van der Waals surface area contributed by atoms with Crippen molar-refractivity contribution in [1.29, 1.82) is 0 Å². The van der Waals surface area contributed by atoms with Crippen LogP contribution in [-0.4, -0.2) is 36.3 Å². The fourth-order valence-corrected chi connectivity index (χ4v) is 2.49. The Morgan fingerprint density at radius 2 is 2.11 bits per heavy atom. The van der Waals surface area contributed by atoms with Gasteiger partial charge in [0.2, 0.25) is 0 Å². The van der Waals surface area contributed by atoms with Crippen molar-refractivity contribution in [1.82, 2.24) is 9.97 Å². The number of ether oxygens (including phenoxy) is 1. The van der Waals surface area contributed by atoms with Crippen molar-refractivity contribution < 1.29 is 4.74 Å². The van der Waals surface area contributed by atoms with Gasteiger partial charge in [0.15, 0.2) is 0 Å². The van der Waals surface area contributed by atoms with Crippen LogP contribution in [0.1, 0.15) is 32.5 Å². The topological polar surface area (TPSA) is 59.1 Å². The van der Waals surface area contributed by atoms with Crippen LogP contribution >= 0.6 is 0 Å². The van der Waals surface area contributed by atoms with Crippen LogP contribution in [0.25, 0.3) is 0 Å². The van der Waals surface area contributed by atoms with Gasteiger partial charge in [-0.25, -0.2) is 9.97 Å². The lowest BCUT2D eigenvalue weighted by Gasteiger charge is -2.18. The Hall–Kier alpha value is -1.36. The van der Waals surface area contributed by atoms with Gasteiger partial charge in [-0.05, 0) is 12.8 Å². The van der Waals surface area contributed by atoms with Crippen molar-refractivity contribution >= 4 is 11.6 Å². The molecular formula is C14H24N4O. The van der Waals surface area contributed by atoms with E-state index in [1.54, 1.807) is 0 Å². The largest absolute Gasteiger partial charge is 0.378 e. The van der Waals surface area contributed by atoms with Gasteiger partial charge in [0, 0.05) is 38.6 Å². The van der Waals surface area contributed by atoms with Gasteiger partial charge in [-0.3, -0.25) is 0 Å². The van der Waals surface area contributed by atoms with Gasteiger partial charge in [0.1, 0.15) is 17.5 Å². The lowest BCUT2D eigenvalue weighted by Crippen LogP contribution is -2.23. The van der Waals surface area contributed by atoms with Crippen LogP contribution in [0.5, 0.6) is 0 Å². The van der Waals surface area contributed by atoms with Crippen molar-refractivity contribution in [3.05, 3.63) is 11.9 Å². The Bertz CT molecular complexity index is 388. The first-order chi connectivity index (χ1) is 9.26. The summed E-state index contributed by atoms with van der Waals surface area (Å²) in [5, 5.41) is 6.50. The Morgan fingerprint density at radius 3 is 2.79 bits per heavy atom. The van der Waals surface area contributed by atoms with E-state index in [0.29, 0.717) is 12.0 Å². The molecule has 5 nitrogen and oxygen atoms in total. The molecule has 0 saturated carbocycles. The van der Waals surface area contributed by atoms with Crippen LogP contribution < -0.4 is 10.6 Å². The van der Waals surface area contributed by atoms with Gasteiger partial charge in [0.25, 0.3) is 0 Å². The van der Waals surface area contributed by atoms with E-state index in [9.17, 15) is 0 Å². The van der Waals surface area contributed by atoms with E-state index in [1.807, 2.05) is 13.1 Å². The summed E-state index contributed by atoms with van der Waals surface area (Å²) in [6.07, 6.45) is 3.45. The third kappa shape index (κ3) is 3.56. The Balaban J connectivity index is 1.98. The molecule has 1 aromatic rings. The van der Waals surface area contributed by atoms with Crippen molar-refractivity contribution in [2.24, 2.45) is 5.92 Å². The number of nitrogens with one attached hydrogen (secondary N) is 2. The first-order valence-corrected chi connectivity index (χ1v) is 7.18. The molecule has 0 aromatic carbocycles. The highest BCUT2D eigenvalue weighted by Crippen LogP contribution is 2.23. The second-order valence-electron chi connectivity index (χ2n) is 4.91. The molecule has 2 N–H and O–H groups in total. The summed E-state index contributed by atoms with van der Waals surface area (Å²) in [6.45, 7) is 6.05. The number of hydrogen-bond acceptors (Lipinski definition) is 5. The maximum absolute atomic E-state index is 5.71. The lowest BCUT2D eigenvalue weighted by atomic mass is 10.00. The van der Waals surface area contributed by atoms with E-state index < -0.39 is 0 Å². The molecule has 19 heavy (non-hydrogen) atoms. The third-order valence-corrected chi connectivity index (χ3v) is 3.64. The van der Waals surface area contributed by atoms with E-state index in [4.69, 9.17) is 4.74 Å². The Kier molecular flexibility index (Phi) is 4.96. The summed E-state index contributed by atoms with van der Waals surface area (Å²) < 4.78 is 5.71. The van der Waals surface area contributed by atoms with Gasteiger partial charge < -0.3 is 15.4 Å². The van der Waals surface area contributed by atoms with Crippen LogP contribution in [0.3, 0.4) is 0 Å². The van der Waals surface area contributed by atoms with Crippen molar-refractivity contribution in [3.8, 4) is 0 Å². The van der Waals surface area contributed by atoms with E-state index in [2.05, 4.69) is 34.4 Å². The molecule has 2 atom stereocenters. The van der Waals surface area contributed by atoms with E-state index in [-0.39, 0.29) is 0 Å². The molecular weight excluding hydrogens is 240 g/mol. The zero-order valence-corrected chi connectivity index (χ0v) is 12.1. The van der Waals surface area contributed by atoms with Crippen LogP contribution in [0, 0.1) is 5.92 Å². The monoisotopic (exact) mass is 264 g/mol. The maximum atomic E-state index is 5.71. The van der Waals surface area contributed by atoms with E-state index >= 15 is 0 Å². The average Bonchev–Trinajstić information content (AvgIpc) is 2.92. The summed E-state index contributed by atoms with van der Waals surface area (Å²) >= 11 is 0. The highest BCUT2D eigenvalue weighted by Gasteiger charge is 2.26. The second-order valence-corrected chi connectivity index (χ2v) is 4.91. The fourth-order valence-electron chi connectivity index (χ4n) is 2.49. The minimum atomic E-state index is 0.392. The molecule has 0 bridgehead atoms. The highest BCUT2D eigenvalue weighted by atomic mass is 16.5. The van der Waals surface area contributed by atoms with Crippen molar-refractivity contribution in [2.45, 2.75) is 39.2 Å². The van der Waals surface area contributed by atoms with Gasteiger partial charge in [-0.2, -0.15) is 0 Å². The maximum Gasteiger partial charge on any atom is 0.132 e. The van der Waals surface area contributed by atoms with E-state index in [0.717, 1.165) is 49.9 Å². The number of nitrogens with zero attached hydrogens (tertiary/aromatic N) is 2. The Labute approximate surface area is 115 Å². The number of hydrogen-bond donors (Lipinski definition) is 2. The molecule has 1 aliphatic rings. The highest BCUT2D eigenvalue weighted by molar-refractivity contribution is 5.47. The van der Waals surface area contributed by atoms with Crippen LogP contribution in [-0.2, 0) is 11.2 Å². The van der Waals surface area contributed by atoms with E-state index in [1.165, 1.54) is 0 Å². The smallest absolute Gasteiger partial charge is 0.132 e. The summed E-state index contributed by atoms with van der Waals surface area (Å²) in [5.74, 6) is 3.22. The predicted molar refractivity (Wildman–Crippen MR) is 77.6 cm³/mol. The fraction of sp³-hybridized carbons (Fsp3) is 0.714. The molecule has 2 heterocycles. The molecule has 0 spiro atoms. The molecule has 1 aromatic heterocycles. The molecule has 1 aliphatic heterocycles. The number of anilines is 2. The zero-order chi connectivity index (χ0) is 13.7. The molecule has 0 radical (unpaired) electrons. The summed E-state index contributed by atoms with van der Waals surface area (Å²) in [5.41, 5.74) is 0. The third-order valence-electron chi connectivity index (χ3n) is 3.64. The molecule has 2 rings (SSSR count). The predicted octanol–water partition coefficient (Wildman–Crippen LogP) is 2.31. The number of rotatable bonds is 6. The van der Waals surface area contributed by atoms with Crippen LogP contribution in [0.15, 0.2) is 6.07 Å². The first kappa shape index (κ1) is 14.1. The molecule has 1 saturated heterocycles. The average molecular weight is 264 g/mol. The minimum Gasteiger partial charge on any atom is -0.378 e. The van der Waals surface area contributed by atoms with Crippen LogP contribution in [0.2, 0.25) is 0 Å². The van der Waals surface area contributed by atoms with Gasteiger partial charge in [-0.15, -0.1) is 0 Å². The van der Waals surface area contributed by atoms with Crippen molar-refractivity contribution in [3.63, 3.8) is 0 Å². The first-order valence-electron chi connectivity index (χ1n) is 7.18. The molecule has 0 amide bonds. The number of aryl methyl sites for hydroxylation is 1. The quantitative estimate of drug-likeness (QED) is 0.825. The molecule has 0 aliphatic carbocycles. The van der Waals surface area contributed by atoms with Gasteiger partial charge in [0.05, 0.1) is 6.10 Å². The molecule has 1 fully saturated rings. The SMILES string of the molecule is CCc1nc(NC)cc(NCC2CCOC2CC)n1. The normalized spacial score (nSPS) is 22.5. The lowest BCUT2D eigenvalue weighted by molar-refractivity contribution is 0.0900. The van der Waals surface area contributed by atoms with Gasteiger partial charge >= 0.3 is 0 Å². The minimum absolute atomic E-state index is 0.392. The Morgan fingerprint density at radius 1 is 1.32 bits per heavy atom. The zero-order valence-electron chi connectivity index (χ0n) is 12.1. The van der Waals surface area contributed by atoms with Crippen molar-refractivity contribution in [2.75, 3.05) is 30.8 Å². The molecule has 106 valence electrons. The summed E-state index contributed by atoms with van der Waals surface area (Å²) in [4.78, 5) is 8.90. The summed E-state index contributed by atoms with van der Waals surface area (Å²) in [6, 6.07) is 1.95. The standard InChI is InChI=1S/C14H24N4O/c1-4-11-10(6-7-19-11)9-16-14-8-13(15-3)17-12(5-2)18-14/h8,10-11H,4-7,9H2,1-3H3,(H2,15,16,17,18). The molecule has 2 unspecified atom stereocenters. The molecule has 5 heteroatoms. The van der Waals surface area contributed by atoms with Gasteiger partial charge in [-0.1, -0.05) is 13.8 Å².